The maximum Gasteiger partial charge on any atom is 0.410 e. The van der Waals surface area contributed by atoms with Crippen LogP contribution in [0, 0.1) is 5.92 Å². The second kappa shape index (κ2) is 13.1. The molecule has 8 heteroatoms. The van der Waals surface area contributed by atoms with Gasteiger partial charge in [0.1, 0.15) is 17.8 Å². The van der Waals surface area contributed by atoms with Crippen molar-refractivity contribution in [2.24, 2.45) is 5.92 Å². The Hall–Kier alpha value is -2.97. The van der Waals surface area contributed by atoms with Gasteiger partial charge in [0, 0.05) is 12.5 Å². The van der Waals surface area contributed by atoms with Crippen LogP contribution in [0.2, 0.25) is 5.04 Å². The Labute approximate surface area is 240 Å². The molecule has 2 aromatic carbocycles. The molecule has 1 amide bonds. The van der Waals surface area contributed by atoms with Crippen molar-refractivity contribution in [1.29, 1.82) is 0 Å². The van der Waals surface area contributed by atoms with Gasteiger partial charge in [-0.1, -0.05) is 81.4 Å². The first-order valence-corrected chi connectivity index (χ1v) is 16.1. The van der Waals surface area contributed by atoms with Gasteiger partial charge in [0.25, 0.3) is 8.32 Å². The van der Waals surface area contributed by atoms with Crippen LogP contribution in [0.4, 0.5) is 4.79 Å². The topological polar surface area (TPSA) is 82.1 Å². The summed E-state index contributed by atoms with van der Waals surface area (Å²) in [6, 6.07) is 20.3. The van der Waals surface area contributed by atoms with E-state index in [9.17, 15) is 14.4 Å². The number of likely N-dealkylation sites (tertiary alicyclic amines) is 1. The fraction of sp³-hybridized carbons (Fsp3) is 0.531. The molecule has 0 N–H and O–H groups in total. The molecule has 1 saturated heterocycles. The number of carbonyl (C=O) groups excluding carboxylic acids is 3. The number of nitrogens with zero attached hydrogens (tertiary/aromatic N) is 1. The lowest BCUT2D eigenvalue weighted by molar-refractivity contribution is -0.146. The van der Waals surface area contributed by atoms with Crippen molar-refractivity contribution < 1.29 is 28.3 Å². The Morgan fingerprint density at radius 1 is 0.900 bits per heavy atom. The molecule has 2 unspecified atom stereocenters. The number of ketones is 1. The first-order valence-electron chi connectivity index (χ1n) is 14.2. The van der Waals surface area contributed by atoms with E-state index in [1.165, 1.54) is 0 Å². The molecule has 1 aliphatic rings. The third-order valence-electron chi connectivity index (χ3n) is 7.33. The van der Waals surface area contributed by atoms with Crippen LogP contribution >= 0.6 is 0 Å². The second-order valence-electron chi connectivity index (χ2n) is 12.5. The van der Waals surface area contributed by atoms with E-state index in [4.69, 9.17) is 13.9 Å². The lowest BCUT2D eigenvalue weighted by Crippen LogP contribution is -2.67. The van der Waals surface area contributed by atoms with Gasteiger partial charge in [-0.15, -0.1) is 0 Å². The summed E-state index contributed by atoms with van der Waals surface area (Å²) in [6.07, 6.45) is 0.190. The van der Waals surface area contributed by atoms with Crippen LogP contribution in [0.1, 0.15) is 67.7 Å². The molecule has 0 radical (unpaired) electrons. The number of ether oxygens (including phenoxy) is 2. The van der Waals surface area contributed by atoms with Crippen molar-refractivity contribution in [3.63, 3.8) is 0 Å². The minimum atomic E-state index is -2.87. The minimum Gasteiger partial charge on any atom is -0.466 e. The van der Waals surface area contributed by atoms with Crippen molar-refractivity contribution in [2.45, 2.75) is 84.4 Å². The van der Waals surface area contributed by atoms with Crippen LogP contribution in [0.15, 0.2) is 60.7 Å². The molecule has 218 valence electrons. The van der Waals surface area contributed by atoms with Crippen LogP contribution in [0.3, 0.4) is 0 Å². The van der Waals surface area contributed by atoms with Gasteiger partial charge in [-0.2, -0.15) is 0 Å². The summed E-state index contributed by atoms with van der Waals surface area (Å²) >= 11 is 0. The molecular formula is C32H45NO6Si. The maximum absolute atomic E-state index is 13.3. The lowest BCUT2D eigenvalue weighted by atomic mass is 9.87. The van der Waals surface area contributed by atoms with Gasteiger partial charge in [-0.25, -0.2) is 4.79 Å². The predicted molar refractivity (Wildman–Crippen MR) is 159 cm³/mol. The zero-order valence-electron chi connectivity index (χ0n) is 25.1. The van der Waals surface area contributed by atoms with E-state index in [-0.39, 0.29) is 42.4 Å². The van der Waals surface area contributed by atoms with E-state index in [0.717, 1.165) is 10.4 Å². The minimum absolute atomic E-state index is 0.155. The third kappa shape index (κ3) is 7.60. The number of hydrogen-bond acceptors (Lipinski definition) is 6. The molecule has 1 fully saturated rings. The molecule has 1 heterocycles. The number of amides is 1. The van der Waals surface area contributed by atoms with E-state index < -0.39 is 26.0 Å². The summed E-state index contributed by atoms with van der Waals surface area (Å²) in [5.41, 5.74) is -0.656. The Morgan fingerprint density at radius 3 is 1.93 bits per heavy atom. The molecular weight excluding hydrogens is 522 g/mol. The molecule has 0 spiro atoms. The van der Waals surface area contributed by atoms with E-state index >= 15 is 0 Å². The van der Waals surface area contributed by atoms with Crippen molar-refractivity contribution in [2.75, 3.05) is 19.8 Å². The highest BCUT2D eigenvalue weighted by atomic mass is 28.4. The summed E-state index contributed by atoms with van der Waals surface area (Å²) in [5, 5.41) is 2.05. The molecule has 0 aliphatic carbocycles. The molecule has 2 aromatic rings. The highest BCUT2D eigenvalue weighted by Crippen LogP contribution is 2.38. The van der Waals surface area contributed by atoms with Gasteiger partial charge in [0.15, 0.2) is 0 Å². The van der Waals surface area contributed by atoms with Crippen molar-refractivity contribution in [3.8, 4) is 0 Å². The van der Waals surface area contributed by atoms with Crippen LogP contribution in [0.5, 0.6) is 0 Å². The second-order valence-corrected chi connectivity index (χ2v) is 16.8. The summed E-state index contributed by atoms with van der Waals surface area (Å²) in [7, 11) is -2.87. The zero-order valence-corrected chi connectivity index (χ0v) is 26.1. The van der Waals surface area contributed by atoms with Crippen molar-refractivity contribution in [3.05, 3.63) is 60.7 Å². The Balaban J connectivity index is 1.98. The van der Waals surface area contributed by atoms with Gasteiger partial charge in [-0.3, -0.25) is 9.59 Å². The first kappa shape index (κ1) is 31.6. The normalized spacial score (nSPS) is 18.2. The number of rotatable bonds is 9. The van der Waals surface area contributed by atoms with Gasteiger partial charge < -0.3 is 18.8 Å². The molecule has 0 bridgehead atoms. The average molecular weight is 568 g/mol. The average Bonchev–Trinajstić information content (AvgIpc) is 2.88. The smallest absolute Gasteiger partial charge is 0.410 e. The van der Waals surface area contributed by atoms with E-state index in [0.29, 0.717) is 19.4 Å². The zero-order chi connectivity index (χ0) is 29.6. The Bertz CT molecular complexity index is 1100. The standard InChI is InChI=1S/C32H45NO6Si/c1-8-37-29(35)22-28(34)24-19-20-33(30(36)39-31(2,3)4)25(21-24)23-38-40(32(5,6)7,26-15-11-9-12-16-26)27-17-13-10-14-18-27/h9-18,24-25H,8,19-23H2,1-7H3. The third-order valence-corrected chi connectivity index (χ3v) is 12.3. The first-order chi connectivity index (χ1) is 18.8. The molecule has 40 heavy (non-hydrogen) atoms. The van der Waals surface area contributed by atoms with Crippen LogP contribution in [0.25, 0.3) is 0 Å². The summed E-state index contributed by atoms with van der Waals surface area (Å²) in [5.74, 6) is -1.03. The monoisotopic (exact) mass is 567 g/mol. The maximum atomic E-state index is 13.3. The summed E-state index contributed by atoms with van der Waals surface area (Å²) in [6.45, 7) is 14.7. The van der Waals surface area contributed by atoms with Crippen LogP contribution in [-0.4, -0.2) is 62.5 Å². The number of piperidine rings is 1. The van der Waals surface area contributed by atoms with Crippen molar-refractivity contribution >= 4 is 36.5 Å². The Kier molecular flexibility index (Phi) is 10.4. The van der Waals surface area contributed by atoms with Crippen LogP contribution in [-0.2, 0) is 23.5 Å². The highest BCUT2D eigenvalue weighted by Gasteiger charge is 2.51. The van der Waals surface area contributed by atoms with E-state index in [2.05, 4.69) is 45.0 Å². The highest BCUT2D eigenvalue weighted by molar-refractivity contribution is 6.99. The molecule has 0 aromatic heterocycles. The molecule has 2 atom stereocenters. The largest absolute Gasteiger partial charge is 0.466 e. The number of Topliss-reactive ketones (excluding diaryl/α,β-unsaturated/α-hetero) is 1. The predicted octanol–water partition coefficient (Wildman–Crippen LogP) is 5.10. The molecule has 0 saturated carbocycles. The number of hydrogen-bond donors (Lipinski definition) is 0. The van der Waals surface area contributed by atoms with Gasteiger partial charge in [0.05, 0.1) is 19.3 Å². The van der Waals surface area contributed by atoms with Crippen LogP contribution < -0.4 is 10.4 Å². The van der Waals surface area contributed by atoms with Gasteiger partial charge in [-0.05, 0) is 55.9 Å². The number of carbonyl (C=O) groups is 3. The fourth-order valence-electron chi connectivity index (χ4n) is 5.54. The van der Waals surface area contributed by atoms with E-state index in [1.54, 1.807) is 11.8 Å². The number of benzene rings is 2. The molecule has 3 rings (SSSR count). The van der Waals surface area contributed by atoms with Crippen molar-refractivity contribution in [1.82, 2.24) is 4.90 Å². The fourth-order valence-corrected chi connectivity index (χ4v) is 10.1. The van der Waals surface area contributed by atoms with Gasteiger partial charge >= 0.3 is 12.1 Å². The van der Waals surface area contributed by atoms with E-state index in [1.807, 2.05) is 57.2 Å². The lowest BCUT2D eigenvalue weighted by Gasteiger charge is -2.46. The Morgan fingerprint density at radius 2 is 1.45 bits per heavy atom. The molecule has 7 nitrogen and oxygen atoms in total. The SMILES string of the molecule is CCOC(=O)CC(=O)C1CCN(C(=O)OC(C)(C)C)C(CO[Si](c2ccccc2)(c2ccccc2)C(C)(C)C)C1. The molecule has 1 aliphatic heterocycles. The summed E-state index contributed by atoms with van der Waals surface area (Å²) in [4.78, 5) is 40.1. The quantitative estimate of drug-likeness (QED) is 0.238. The number of esters is 1. The summed E-state index contributed by atoms with van der Waals surface area (Å²) < 4.78 is 17.9. The van der Waals surface area contributed by atoms with Gasteiger partial charge in [0.2, 0.25) is 0 Å².